The number of carbonyl (C=O) groups is 1. The Morgan fingerprint density at radius 1 is 1.21 bits per heavy atom. The van der Waals surface area contributed by atoms with E-state index in [1.54, 1.807) is 25.1 Å². The number of benzene rings is 1. The number of fused-ring (bicyclic) bond motifs is 1. The number of nitrogens with one attached hydrogen (secondary N) is 1. The van der Waals surface area contributed by atoms with E-state index in [1.807, 2.05) is 0 Å². The van der Waals surface area contributed by atoms with Crippen LogP contribution in [-0.2, 0) is 11.0 Å². The minimum atomic E-state index is -4.57. The molecule has 0 aliphatic rings. The molecule has 29 heavy (non-hydrogen) atoms. The van der Waals surface area contributed by atoms with Crippen LogP contribution in [-0.4, -0.2) is 26.3 Å². The quantitative estimate of drug-likeness (QED) is 0.475. The highest BCUT2D eigenvalue weighted by molar-refractivity contribution is 7.99. The molecule has 1 atom stereocenters. The third-order valence-electron chi connectivity index (χ3n) is 3.89. The molecule has 0 radical (unpaired) electrons. The number of aromatic nitrogens is 3. The molecule has 1 aromatic carbocycles. The summed E-state index contributed by atoms with van der Waals surface area (Å²) in [4.78, 5) is 12.3. The molecule has 0 fully saturated rings. The molecule has 0 aliphatic carbocycles. The van der Waals surface area contributed by atoms with Crippen LogP contribution in [0, 0.1) is 0 Å². The number of carbonyl (C=O) groups excluding carboxylic acids is 1. The van der Waals surface area contributed by atoms with Crippen molar-refractivity contribution in [1.82, 2.24) is 19.9 Å². The average Bonchev–Trinajstić information content (AvgIpc) is 3.02. The van der Waals surface area contributed by atoms with Crippen LogP contribution >= 0.6 is 46.6 Å². The first-order chi connectivity index (χ1) is 13.6. The van der Waals surface area contributed by atoms with E-state index in [-0.39, 0.29) is 27.5 Å². The number of thioether (sulfide) groups is 1. The van der Waals surface area contributed by atoms with E-state index in [0.717, 1.165) is 28.4 Å². The van der Waals surface area contributed by atoms with Crippen molar-refractivity contribution in [3.05, 3.63) is 56.7 Å². The predicted octanol–water partition coefficient (Wildman–Crippen LogP) is 5.68. The SMILES string of the molecule is CC(NC(=O)CSc1nnc2c(Cl)cc(C(F)(F)F)cn12)c1ccc(Cl)cc1Cl. The lowest BCUT2D eigenvalue weighted by atomic mass is 10.1. The fourth-order valence-electron chi connectivity index (χ4n) is 2.53. The Morgan fingerprint density at radius 3 is 2.59 bits per heavy atom. The summed E-state index contributed by atoms with van der Waals surface area (Å²) >= 11 is 18.8. The molecule has 0 spiro atoms. The molecule has 3 aromatic rings. The molecule has 0 aliphatic heterocycles. The van der Waals surface area contributed by atoms with Gasteiger partial charge in [-0.15, -0.1) is 10.2 Å². The van der Waals surface area contributed by atoms with Crippen LogP contribution in [0.2, 0.25) is 15.1 Å². The van der Waals surface area contributed by atoms with Crippen LogP contribution in [0.15, 0.2) is 35.6 Å². The topological polar surface area (TPSA) is 59.3 Å². The smallest absolute Gasteiger partial charge is 0.349 e. The summed E-state index contributed by atoms with van der Waals surface area (Å²) in [5.74, 6) is -0.451. The highest BCUT2D eigenvalue weighted by atomic mass is 35.5. The Hall–Kier alpha value is -1.68. The summed E-state index contributed by atoms with van der Waals surface area (Å²) < 4.78 is 40.1. The molecule has 3 rings (SSSR count). The molecule has 5 nitrogen and oxygen atoms in total. The van der Waals surface area contributed by atoms with Gasteiger partial charge in [-0.3, -0.25) is 9.20 Å². The van der Waals surface area contributed by atoms with Crippen molar-refractivity contribution in [3.63, 3.8) is 0 Å². The molecule has 1 unspecified atom stereocenters. The van der Waals surface area contributed by atoms with E-state index in [1.165, 1.54) is 0 Å². The van der Waals surface area contributed by atoms with Gasteiger partial charge in [0, 0.05) is 16.2 Å². The van der Waals surface area contributed by atoms with E-state index in [4.69, 9.17) is 34.8 Å². The average molecular weight is 484 g/mol. The predicted molar refractivity (Wildman–Crippen MR) is 107 cm³/mol. The van der Waals surface area contributed by atoms with Gasteiger partial charge in [-0.2, -0.15) is 13.2 Å². The van der Waals surface area contributed by atoms with Gasteiger partial charge in [-0.05, 0) is 30.7 Å². The Morgan fingerprint density at radius 2 is 1.93 bits per heavy atom. The van der Waals surface area contributed by atoms with Crippen LogP contribution in [0.5, 0.6) is 0 Å². The molecule has 1 amide bonds. The second-order valence-electron chi connectivity index (χ2n) is 5.99. The number of halogens is 6. The first-order valence-electron chi connectivity index (χ1n) is 8.05. The van der Waals surface area contributed by atoms with Crippen molar-refractivity contribution in [3.8, 4) is 0 Å². The van der Waals surface area contributed by atoms with Crippen molar-refractivity contribution >= 4 is 58.1 Å². The molecule has 12 heteroatoms. The number of rotatable bonds is 5. The van der Waals surface area contributed by atoms with Crippen LogP contribution < -0.4 is 5.32 Å². The highest BCUT2D eigenvalue weighted by Gasteiger charge is 2.32. The second-order valence-corrected chi connectivity index (χ2v) is 8.19. The van der Waals surface area contributed by atoms with Crippen molar-refractivity contribution in [2.75, 3.05) is 5.75 Å². The molecular weight excluding hydrogens is 472 g/mol. The minimum absolute atomic E-state index is 0.0730. The van der Waals surface area contributed by atoms with Crippen molar-refractivity contribution in [2.45, 2.75) is 24.3 Å². The third kappa shape index (κ3) is 5.09. The lowest BCUT2D eigenvalue weighted by molar-refractivity contribution is -0.137. The minimum Gasteiger partial charge on any atom is -0.349 e. The van der Waals surface area contributed by atoms with E-state index in [9.17, 15) is 18.0 Å². The summed E-state index contributed by atoms with van der Waals surface area (Å²) in [7, 11) is 0. The molecule has 0 bridgehead atoms. The van der Waals surface area contributed by atoms with Gasteiger partial charge in [0.15, 0.2) is 10.8 Å². The van der Waals surface area contributed by atoms with Crippen LogP contribution in [0.1, 0.15) is 24.1 Å². The van der Waals surface area contributed by atoms with E-state index >= 15 is 0 Å². The van der Waals surface area contributed by atoms with Crippen molar-refractivity contribution in [2.24, 2.45) is 0 Å². The van der Waals surface area contributed by atoms with Gasteiger partial charge >= 0.3 is 6.18 Å². The maximum absolute atomic E-state index is 13.0. The summed E-state index contributed by atoms with van der Waals surface area (Å²) in [6.45, 7) is 1.75. The Bertz CT molecular complexity index is 1070. The fraction of sp³-hybridized carbons (Fsp3) is 0.235. The summed E-state index contributed by atoms with van der Waals surface area (Å²) in [5, 5.41) is 11.2. The maximum Gasteiger partial charge on any atom is 0.417 e. The lowest BCUT2D eigenvalue weighted by Crippen LogP contribution is -2.28. The van der Waals surface area contributed by atoms with Gasteiger partial charge < -0.3 is 5.32 Å². The summed E-state index contributed by atoms with van der Waals surface area (Å²) in [6.07, 6.45) is -3.73. The zero-order valence-corrected chi connectivity index (χ0v) is 17.7. The fourth-order valence-corrected chi connectivity index (χ4v) is 4.07. The first kappa shape index (κ1) is 22.0. The number of nitrogens with zero attached hydrogens (tertiary/aromatic N) is 3. The van der Waals surface area contributed by atoms with Crippen LogP contribution in [0.3, 0.4) is 0 Å². The highest BCUT2D eigenvalue weighted by Crippen LogP contribution is 2.33. The van der Waals surface area contributed by atoms with Gasteiger partial charge in [-0.25, -0.2) is 0 Å². The molecular formula is C17H12Cl3F3N4OS. The zero-order valence-electron chi connectivity index (χ0n) is 14.6. The largest absolute Gasteiger partial charge is 0.417 e. The zero-order chi connectivity index (χ0) is 21.3. The van der Waals surface area contributed by atoms with E-state index in [2.05, 4.69) is 15.5 Å². The molecule has 2 aromatic heterocycles. The van der Waals surface area contributed by atoms with Gasteiger partial charge in [0.25, 0.3) is 0 Å². The Balaban J connectivity index is 1.71. The van der Waals surface area contributed by atoms with Crippen LogP contribution in [0.25, 0.3) is 5.65 Å². The van der Waals surface area contributed by atoms with Gasteiger partial charge in [0.1, 0.15) is 0 Å². The Kier molecular flexibility index (Phi) is 6.52. The first-order valence-corrected chi connectivity index (χ1v) is 10.2. The van der Waals surface area contributed by atoms with Crippen LogP contribution in [0.4, 0.5) is 13.2 Å². The number of alkyl halides is 3. The molecule has 0 saturated carbocycles. The number of amides is 1. The molecule has 2 heterocycles. The maximum atomic E-state index is 13.0. The van der Waals surface area contributed by atoms with E-state index < -0.39 is 17.8 Å². The number of pyridine rings is 1. The molecule has 154 valence electrons. The Labute approximate surface area is 182 Å². The second kappa shape index (κ2) is 8.59. The standard InChI is InChI=1S/C17H12Cl3F3N4OS/c1-8(11-3-2-10(18)5-12(11)19)24-14(28)7-29-16-26-25-15-13(20)4-9(6-27(15)16)17(21,22)23/h2-6,8H,7H2,1H3,(H,24,28). The molecule has 0 saturated heterocycles. The van der Waals surface area contributed by atoms with Gasteiger partial charge in [-0.1, -0.05) is 52.6 Å². The monoisotopic (exact) mass is 482 g/mol. The lowest BCUT2D eigenvalue weighted by Gasteiger charge is -2.15. The van der Waals surface area contributed by atoms with E-state index in [0.29, 0.717) is 15.6 Å². The summed E-state index contributed by atoms with van der Waals surface area (Å²) in [5.41, 5.74) is -0.181. The van der Waals surface area contributed by atoms with Crippen molar-refractivity contribution in [1.29, 1.82) is 0 Å². The molecule has 1 N–H and O–H groups in total. The number of hydrogen-bond donors (Lipinski definition) is 1. The third-order valence-corrected chi connectivity index (χ3v) is 5.68. The summed E-state index contributed by atoms with van der Waals surface area (Å²) in [6, 6.07) is 5.32. The van der Waals surface area contributed by atoms with Gasteiger partial charge in [0.05, 0.1) is 22.4 Å². The normalized spacial score (nSPS) is 12.9. The van der Waals surface area contributed by atoms with Gasteiger partial charge in [0.2, 0.25) is 5.91 Å². The number of hydrogen-bond acceptors (Lipinski definition) is 4. The van der Waals surface area contributed by atoms with Crippen molar-refractivity contribution < 1.29 is 18.0 Å².